The van der Waals surface area contributed by atoms with E-state index in [-0.39, 0.29) is 11.5 Å². The SMILES string of the molecule is CCCCn1nc(C(=O)N2CCCCc3ccccc32)ccc1=O. The van der Waals surface area contributed by atoms with Crippen molar-refractivity contribution in [1.29, 1.82) is 0 Å². The molecule has 0 atom stereocenters. The highest BCUT2D eigenvalue weighted by atomic mass is 16.2. The summed E-state index contributed by atoms with van der Waals surface area (Å²) in [6.45, 7) is 3.30. The van der Waals surface area contributed by atoms with Gasteiger partial charge in [0.25, 0.3) is 11.5 Å². The first-order valence-corrected chi connectivity index (χ1v) is 8.68. The highest BCUT2D eigenvalue weighted by Gasteiger charge is 2.23. The molecule has 0 aliphatic carbocycles. The molecule has 1 aliphatic heterocycles. The van der Waals surface area contributed by atoms with Crippen LogP contribution in [0, 0.1) is 0 Å². The molecular weight excluding hydrogens is 302 g/mol. The highest BCUT2D eigenvalue weighted by Crippen LogP contribution is 2.27. The maximum Gasteiger partial charge on any atom is 0.278 e. The number of rotatable bonds is 4. The van der Waals surface area contributed by atoms with Gasteiger partial charge < -0.3 is 4.90 Å². The third-order valence-electron chi connectivity index (χ3n) is 4.41. The predicted octanol–water partition coefficient (Wildman–Crippen LogP) is 3.03. The molecule has 5 nitrogen and oxygen atoms in total. The van der Waals surface area contributed by atoms with Crippen LogP contribution in [0.1, 0.15) is 48.7 Å². The van der Waals surface area contributed by atoms with E-state index in [2.05, 4.69) is 18.1 Å². The average molecular weight is 325 g/mol. The molecular formula is C19H23N3O2. The van der Waals surface area contributed by atoms with Crippen LogP contribution in [0.25, 0.3) is 0 Å². The van der Waals surface area contributed by atoms with Gasteiger partial charge in [-0.05, 0) is 43.4 Å². The number of fused-ring (bicyclic) bond motifs is 1. The number of anilines is 1. The van der Waals surface area contributed by atoms with Crippen LogP contribution >= 0.6 is 0 Å². The second kappa shape index (κ2) is 7.43. The number of amides is 1. The van der Waals surface area contributed by atoms with E-state index >= 15 is 0 Å². The van der Waals surface area contributed by atoms with Crippen LogP contribution < -0.4 is 10.5 Å². The quantitative estimate of drug-likeness (QED) is 0.868. The zero-order valence-electron chi connectivity index (χ0n) is 14.1. The molecule has 1 aromatic heterocycles. The summed E-state index contributed by atoms with van der Waals surface area (Å²) in [6, 6.07) is 11.0. The first-order valence-electron chi connectivity index (χ1n) is 8.68. The van der Waals surface area contributed by atoms with Crippen LogP contribution in [-0.2, 0) is 13.0 Å². The lowest BCUT2D eigenvalue weighted by atomic mass is 10.1. The number of hydrogen-bond donors (Lipinski definition) is 0. The zero-order chi connectivity index (χ0) is 16.9. The molecule has 0 N–H and O–H groups in total. The van der Waals surface area contributed by atoms with E-state index in [9.17, 15) is 9.59 Å². The summed E-state index contributed by atoms with van der Waals surface area (Å²) in [4.78, 5) is 26.7. The van der Waals surface area contributed by atoms with Gasteiger partial charge in [-0.25, -0.2) is 4.68 Å². The van der Waals surface area contributed by atoms with Crippen LogP contribution in [-0.4, -0.2) is 22.2 Å². The lowest BCUT2D eigenvalue weighted by Gasteiger charge is -2.22. The lowest BCUT2D eigenvalue weighted by molar-refractivity contribution is 0.0979. The summed E-state index contributed by atoms with van der Waals surface area (Å²) < 4.78 is 1.40. The molecule has 0 spiro atoms. The number of aromatic nitrogens is 2. The van der Waals surface area contributed by atoms with E-state index in [1.165, 1.54) is 16.3 Å². The molecule has 5 heteroatoms. The van der Waals surface area contributed by atoms with Crippen LogP contribution in [0.15, 0.2) is 41.2 Å². The van der Waals surface area contributed by atoms with Crippen molar-refractivity contribution in [2.24, 2.45) is 0 Å². The predicted molar refractivity (Wildman–Crippen MR) is 94.5 cm³/mol. The van der Waals surface area contributed by atoms with E-state index in [0.717, 1.165) is 37.8 Å². The molecule has 1 amide bonds. The Morgan fingerprint density at radius 1 is 1.17 bits per heavy atom. The highest BCUT2D eigenvalue weighted by molar-refractivity contribution is 6.05. The molecule has 0 unspecified atom stereocenters. The summed E-state index contributed by atoms with van der Waals surface area (Å²) in [5, 5.41) is 4.30. The number of unbranched alkanes of at least 4 members (excludes halogenated alkanes) is 1. The first-order chi connectivity index (χ1) is 11.7. The van der Waals surface area contributed by atoms with Gasteiger partial charge in [0.2, 0.25) is 0 Å². The number of nitrogens with zero attached hydrogens (tertiary/aromatic N) is 3. The molecule has 0 bridgehead atoms. The van der Waals surface area contributed by atoms with Crippen molar-refractivity contribution in [3.05, 3.63) is 58.0 Å². The van der Waals surface area contributed by atoms with Crippen molar-refractivity contribution in [1.82, 2.24) is 9.78 Å². The Kier molecular flexibility index (Phi) is 5.08. The molecule has 1 aliphatic rings. The van der Waals surface area contributed by atoms with Crippen LogP contribution in [0.5, 0.6) is 0 Å². The van der Waals surface area contributed by atoms with E-state index in [1.807, 2.05) is 18.2 Å². The second-order valence-electron chi connectivity index (χ2n) is 6.18. The molecule has 2 heterocycles. The van der Waals surface area contributed by atoms with Crippen molar-refractivity contribution in [2.45, 2.75) is 45.6 Å². The Morgan fingerprint density at radius 2 is 2.00 bits per heavy atom. The van der Waals surface area contributed by atoms with Crippen molar-refractivity contribution in [3.8, 4) is 0 Å². The van der Waals surface area contributed by atoms with Crippen molar-refractivity contribution in [3.63, 3.8) is 0 Å². The van der Waals surface area contributed by atoms with Gasteiger partial charge in [0.1, 0.15) is 5.69 Å². The lowest BCUT2D eigenvalue weighted by Crippen LogP contribution is -2.34. The van der Waals surface area contributed by atoms with Gasteiger partial charge in [0.15, 0.2) is 0 Å². The number of hydrogen-bond acceptors (Lipinski definition) is 3. The minimum atomic E-state index is -0.156. The van der Waals surface area contributed by atoms with Gasteiger partial charge in [0, 0.05) is 24.8 Å². The number of benzene rings is 1. The normalized spacial score (nSPS) is 14.1. The summed E-state index contributed by atoms with van der Waals surface area (Å²) in [6.07, 6.45) is 4.88. The van der Waals surface area contributed by atoms with Gasteiger partial charge in [0.05, 0.1) is 0 Å². The molecule has 0 saturated heterocycles. The summed E-state index contributed by atoms with van der Waals surface area (Å²) in [5.74, 6) is -0.130. The van der Waals surface area contributed by atoms with E-state index in [4.69, 9.17) is 0 Å². The largest absolute Gasteiger partial charge is 0.307 e. The maximum absolute atomic E-state index is 13.0. The number of carbonyl (C=O) groups excluding carboxylic acids is 1. The number of carbonyl (C=O) groups is 1. The third-order valence-corrected chi connectivity index (χ3v) is 4.41. The Morgan fingerprint density at radius 3 is 2.83 bits per heavy atom. The fourth-order valence-corrected chi connectivity index (χ4v) is 3.07. The minimum Gasteiger partial charge on any atom is -0.307 e. The third kappa shape index (κ3) is 3.40. The molecule has 126 valence electrons. The fourth-order valence-electron chi connectivity index (χ4n) is 3.07. The van der Waals surface area contributed by atoms with Crippen molar-refractivity contribution < 1.29 is 4.79 Å². The van der Waals surface area contributed by atoms with Gasteiger partial charge >= 0.3 is 0 Å². The Balaban J connectivity index is 1.93. The molecule has 0 radical (unpaired) electrons. The Hall–Kier alpha value is -2.43. The van der Waals surface area contributed by atoms with E-state index in [1.54, 1.807) is 11.0 Å². The van der Waals surface area contributed by atoms with Crippen LogP contribution in [0.3, 0.4) is 0 Å². The number of para-hydroxylation sites is 1. The van der Waals surface area contributed by atoms with Gasteiger partial charge in [-0.3, -0.25) is 9.59 Å². The van der Waals surface area contributed by atoms with E-state index < -0.39 is 0 Å². The van der Waals surface area contributed by atoms with Gasteiger partial charge in [-0.1, -0.05) is 31.5 Å². The van der Waals surface area contributed by atoms with Gasteiger partial charge in [-0.2, -0.15) is 5.10 Å². The van der Waals surface area contributed by atoms with Gasteiger partial charge in [-0.15, -0.1) is 0 Å². The summed E-state index contributed by atoms with van der Waals surface area (Å²) in [5.41, 5.74) is 2.34. The van der Waals surface area contributed by atoms with Crippen molar-refractivity contribution >= 4 is 11.6 Å². The standard InChI is InChI=1S/C19H23N3O2/c1-2-3-14-22-18(23)12-11-16(20-22)19(24)21-13-7-6-9-15-8-4-5-10-17(15)21/h4-5,8,10-12H,2-3,6-7,9,13-14H2,1H3. The summed E-state index contributed by atoms with van der Waals surface area (Å²) >= 11 is 0. The molecule has 3 rings (SSSR count). The molecule has 1 aromatic carbocycles. The molecule has 0 saturated carbocycles. The molecule has 2 aromatic rings. The van der Waals surface area contributed by atoms with E-state index in [0.29, 0.717) is 18.8 Å². The fraction of sp³-hybridized carbons (Fsp3) is 0.421. The average Bonchev–Trinajstić information content (AvgIpc) is 2.83. The molecule has 24 heavy (non-hydrogen) atoms. The smallest absolute Gasteiger partial charge is 0.278 e. The summed E-state index contributed by atoms with van der Waals surface area (Å²) in [7, 11) is 0. The van der Waals surface area contributed by atoms with Crippen LogP contribution in [0.2, 0.25) is 0 Å². The molecule has 0 fully saturated rings. The van der Waals surface area contributed by atoms with Crippen molar-refractivity contribution in [2.75, 3.05) is 11.4 Å². The first kappa shape index (κ1) is 16.4. The Labute approximate surface area is 141 Å². The minimum absolute atomic E-state index is 0.130. The number of aryl methyl sites for hydroxylation is 2. The Bertz CT molecular complexity index is 782. The zero-order valence-corrected chi connectivity index (χ0v) is 14.1. The monoisotopic (exact) mass is 325 g/mol. The topological polar surface area (TPSA) is 55.2 Å². The second-order valence-corrected chi connectivity index (χ2v) is 6.18. The maximum atomic E-state index is 13.0. The van der Waals surface area contributed by atoms with Crippen LogP contribution in [0.4, 0.5) is 5.69 Å².